The first-order valence-electron chi connectivity index (χ1n) is 12.1. The van der Waals surface area contributed by atoms with Gasteiger partial charge in [-0.25, -0.2) is 24.9 Å². The van der Waals surface area contributed by atoms with Gasteiger partial charge in [0.2, 0.25) is 0 Å². The van der Waals surface area contributed by atoms with E-state index in [4.69, 9.17) is 0 Å². The molecule has 12 heteroatoms. The third kappa shape index (κ3) is 7.02. The molecule has 0 saturated carbocycles. The van der Waals surface area contributed by atoms with Crippen molar-refractivity contribution in [2.24, 2.45) is 0 Å². The molecule has 0 atom stereocenters. The topological polar surface area (TPSA) is 103 Å². The van der Waals surface area contributed by atoms with Gasteiger partial charge in [-0.2, -0.15) is 0 Å². The van der Waals surface area contributed by atoms with Crippen LogP contribution in [0.4, 0.5) is 0 Å². The van der Waals surface area contributed by atoms with Gasteiger partial charge in [0, 0.05) is 42.1 Å². The fourth-order valence-electron chi connectivity index (χ4n) is 3.45. The molecule has 0 saturated heterocycles. The van der Waals surface area contributed by atoms with E-state index in [1.807, 2.05) is 49.7 Å². The molecule has 0 amide bonds. The maximum Gasteiger partial charge on any atom is 0.142 e. The van der Waals surface area contributed by atoms with E-state index in [9.17, 15) is 0 Å². The van der Waals surface area contributed by atoms with Crippen molar-refractivity contribution in [3.8, 4) is 0 Å². The van der Waals surface area contributed by atoms with E-state index in [0.29, 0.717) is 0 Å². The lowest BCUT2D eigenvalue weighted by Crippen LogP contribution is -1.81. The van der Waals surface area contributed by atoms with Gasteiger partial charge in [-0.15, -0.1) is 45.3 Å². The van der Waals surface area contributed by atoms with E-state index in [2.05, 4.69) is 52.2 Å². The first kappa shape index (κ1) is 27.7. The normalized spacial score (nSPS) is 10.5. The smallest absolute Gasteiger partial charge is 0.142 e. The van der Waals surface area contributed by atoms with E-state index in [-0.39, 0.29) is 0 Å². The Morgan fingerprint density at radius 3 is 2.02 bits per heavy atom. The predicted octanol–water partition coefficient (Wildman–Crippen LogP) is 8.00. The fraction of sp³-hybridized carbons (Fsp3) is 0.143. The quantitative estimate of drug-likeness (QED) is 0.172. The maximum absolute atomic E-state index is 4.29. The Labute approximate surface area is 246 Å². The van der Waals surface area contributed by atoms with Crippen LogP contribution >= 0.6 is 45.3 Å². The summed E-state index contributed by atoms with van der Waals surface area (Å²) >= 11 is 6.57. The van der Waals surface area contributed by atoms with Crippen LogP contribution < -0.4 is 0 Å². The Bertz CT molecular complexity index is 1880. The van der Waals surface area contributed by atoms with Crippen LogP contribution in [0, 0.1) is 27.7 Å². The number of aryl methyl sites for hydroxylation is 4. The van der Waals surface area contributed by atoms with Crippen molar-refractivity contribution in [1.82, 2.24) is 39.9 Å². The third-order valence-corrected chi connectivity index (χ3v) is 8.80. The zero-order valence-corrected chi connectivity index (χ0v) is 25.4. The Morgan fingerprint density at radius 1 is 0.550 bits per heavy atom. The number of nitrogens with zero attached hydrogens (tertiary/aromatic N) is 8. The molecule has 8 nitrogen and oxygen atoms in total. The summed E-state index contributed by atoms with van der Waals surface area (Å²) in [5.74, 6) is 0. The molecule has 0 spiro atoms. The molecule has 0 radical (unpaired) electrons. The second-order valence-corrected chi connectivity index (χ2v) is 12.4. The Morgan fingerprint density at radius 2 is 1.23 bits per heavy atom. The highest BCUT2D eigenvalue weighted by Gasteiger charge is 1.99. The van der Waals surface area contributed by atoms with Gasteiger partial charge in [0.25, 0.3) is 0 Å². The summed E-state index contributed by atoms with van der Waals surface area (Å²) in [7, 11) is 0. The summed E-state index contributed by atoms with van der Waals surface area (Å²) in [5.41, 5.74) is 7.21. The van der Waals surface area contributed by atoms with Crippen LogP contribution in [0.15, 0.2) is 71.5 Å². The lowest BCUT2D eigenvalue weighted by Gasteiger charge is -1.88. The zero-order valence-electron chi connectivity index (χ0n) is 22.1. The number of hydrogen-bond acceptors (Lipinski definition) is 12. The van der Waals surface area contributed by atoms with Crippen LogP contribution in [0.1, 0.15) is 21.8 Å². The van der Waals surface area contributed by atoms with E-state index in [0.717, 1.165) is 52.8 Å². The first-order valence-corrected chi connectivity index (χ1v) is 15.6. The van der Waals surface area contributed by atoms with E-state index in [1.54, 1.807) is 82.5 Å². The van der Waals surface area contributed by atoms with Crippen LogP contribution in [-0.4, -0.2) is 39.9 Å². The molecule has 0 aliphatic carbocycles. The molecule has 8 aromatic rings. The predicted molar refractivity (Wildman–Crippen MR) is 169 cm³/mol. The molecule has 8 heterocycles. The molecule has 0 aliphatic heterocycles. The van der Waals surface area contributed by atoms with Gasteiger partial charge in [0.05, 0.1) is 22.4 Å². The Kier molecular flexibility index (Phi) is 9.01. The minimum absolute atomic E-state index is 0.978. The SMILES string of the molecule is Cc1cc2nccnc2s1.Cc1cnc2ccsc2n1.Cc1cnc2sccc2n1.Cc1csc2nccnc12. The fourth-order valence-corrected chi connectivity index (χ4v) is 6.54. The summed E-state index contributed by atoms with van der Waals surface area (Å²) in [4.78, 5) is 39.0. The van der Waals surface area contributed by atoms with E-state index in [1.165, 1.54) is 10.4 Å². The van der Waals surface area contributed by atoms with Crippen molar-refractivity contribution >= 4 is 86.7 Å². The van der Waals surface area contributed by atoms with Crippen LogP contribution in [0.3, 0.4) is 0 Å². The highest BCUT2D eigenvalue weighted by Crippen LogP contribution is 2.20. The molecular formula is C28H24N8S4. The molecule has 0 fully saturated rings. The van der Waals surface area contributed by atoms with Crippen LogP contribution in [0.2, 0.25) is 0 Å². The maximum atomic E-state index is 4.29. The number of fused-ring (bicyclic) bond motifs is 4. The average Bonchev–Trinajstić information content (AvgIpc) is 3.76. The molecule has 40 heavy (non-hydrogen) atoms. The van der Waals surface area contributed by atoms with Gasteiger partial charge in [-0.3, -0.25) is 15.0 Å². The standard InChI is InChI=1S/4C7H6N2S/c1-5-4-10-7-6(5)8-2-3-9-7;1-5-4-6-7(10-5)9-3-2-8-6;1-5-4-8-7-6(9-5)2-3-10-7;1-5-4-8-6-2-3-10-7(6)9-5/h4*2-4H,1H3. The number of hydrogen-bond donors (Lipinski definition) is 0. The summed E-state index contributed by atoms with van der Waals surface area (Å²) < 4.78 is 0. The summed E-state index contributed by atoms with van der Waals surface area (Å²) in [6.07, 6.45) is 10.5. The number of aromatic nitrogens is 8. The van der Waals surface area contributed by atoms with Gasteiger partial charge in [0.1, 0.15) is 30.4 Å². The molecule has 0 bridgehead atoms. The Hall–Kier alpha value is -3.84. The highest BCUT2D eigenvalue weighted by atomic mass is 32.1. The minimum atomic E-state index is 0.978. The van der Waals surface area contributed by atoms with Gasteiger partial charge < -0.3 is 0 Å². The molecule has 8 aromatic heterocycles. The monoisotopic (exact) mass is 600 g/mol. The number of rotatable bonds is 0. The number of thiophene rings is 4. The summed E-state index contributed by atoms with van der Waals surface area (Å²) in [6, 6.07) is 6.01. The minimum Gasteiger partial charge on any atom is -0.252 e. The molecular weight excluding hydrogens is 577 g/mol. The van der Waals surface area contributed by atoms with E-state index < -0.39 is 0 Å². The summed E-state index contributed by atoms with van der Waals surface area (Å²) in [6.45, 7) is 8.01. The van der Waals surface area contributed by atoms with Crippen LogP contribution in [0.25, 0.3) is 41.4 Å². The van der Waals surface area contributed by atoms with Gasteiger partial charge in [-0.05, 0) is 67.6 Å². The Balaban J connectivity index is 0.000000108. The van der Waals surface area contributed by atoms with Crippen molar-refractivity contribution < 1.29 is 0 Å². The molecule has 8 rings (SSSR count). The van der Waals surface area contributed by atoms with Gasteiger partial charge >= 0.3 is 0 Å². The van der Waals surface area contributed by atoms with Gasteiger partial charge in [0.15, 0.2) is 0 Å². The van der Waals surface area contributed by atoms with E-state index >= 15 is 0 Å². The molecule has 200 valence electrons. The van der Waals surface area contributed by atoms with Crippen molar-refractivity contribution in [3.63, 3.8) is 0 Å². The lowest BCUT2D eigenvalue weighted by molar-refractivity contribution is 1.20. The second kappa shape index (κ2) is 13.0. The van der Waals surface area contributed by atoms with Crippen molar-refractivity contribution in [3.05, 3.63) is 93.3 Å². The molecule has 0 unspecified atom stereocenters. The first-order chi connectivity index (χ1) is 19.5. The summed E-state index contributed by atoms with van der Waals surface area (Å²) in [5, 5.41) is 6.08. The highest BCUT2D eigenvalue weighted by molar-refractivity contribution is 7.18. The van der Waals surface area contributed by atoms with Crippen LogP contribution in [0.5, 0.6) is 0 Å². The zero-order chi connectivity index (χ0) is 27.9. The molecule has 0 aliphatic rings. The second-order valence-electron chi connectivity index (χ2n) is 8.48. The largest absolute Gasteiger partial charge is 0.252 e. The van der Waals surface area contributed by atoms with Crippen molar-refractivity contribution in [1.29, 1.82) is 0 Å². The third-order valence-electron chi connectivity index (χ3n) is 5.26. The molecule has 0 aromatic carbocycles. The lowest BCUT2D eigenvalue weighted by atomic mass is 10.3. The van der Waals surface area contributed by atoms with Crippen molar-refractivity contribution in [2.75, 3.05) is 0 Å². The molecule has 0 N–H and O–H groups in total. The average molecular weight is 601 g/mol. The van der Waals surface area contributed by atoms with Crippen LogP contribution in [-0.2, 0) is 0 Å². The van der Waals surface area contributed by atoms with Crippen molar-refractivity contribution in [2.45, 2.75) is 27.7 Å². The van der Waals surface area contributed by atoms with Gasteiger partial charge in [-0.1, -0.05) is 0 Å².